The number of carbonyl (C=O) groups excluding carboxylic acids is 1. The Morgan fingerprint density at radius 1 is 1.00 bits per heavy atom. The van der Waals surface area contributed by atoms with Gasteiger partial charge in [0.25, 0.3) is 0 Å². The van der Waals surface area contributed by atoms with Gasteiger partial charge in [-0.2, -0.15) is 0 Å². The summed E-state index contributed by atoms with van der Waals surface area (Å²) in [7, 11) is 1.53. The van der Waals surface area contributed by atoms with E-state index in [9.17, 15) is 4.79 Å². The standard InChI is InChI=1S/C16H30N2O2/c1-14(2)10-15(3,4)12-16(11-14,13(19)20-5)18-8-6-17-7-9-18/h17H,6-12H2,1-5H3. The third-order valence-corrected chi connectivity index (χ3v) is 4.79. The van der Waals surface area contributed by atoms with Crippen molar-refractivity contribution >= 4 is 5.97 Å². The van der Waals surface area contributed by atoms with Gasteiger partial charge in [-0.05, 0) is 30.1 Å². The van der Waals surface area contributed by atoms with Crippen LogP contribution in [-0.4, -0.2) is 49.7 Å². The number of nitrogens with one attached hydrogen (secondary N) is 1. The number of methoxy groups -OCH3 is 1. The van der Waals surface area contributed by atoms with Crippen LogP contribution in [0.3, 0.4) is 0 Å². The fourth-order valence-corrected chi connectivity index (χ4v) is 4.85. The van der Waals surface area contributed by atoms with E-state index in [0.29, 0.717) is 0 Å². The molecule has 4 nitrogen and oxygen atoms in total. The van der Waals surface area contributed by atoms with Gasteiger partial charge >= 0.3 is 5.97 Å². The smallest absolute Gasteiger partial charge is 0.326 e. The van der Waals surface area contributed by atoms with E-state index in [-0.39, 0.29) is 16.8 Å². The fraction of sp³-hybridized carbons (Fsp3) is 0.938. The van der Waals surface area contributed by atoms with Crippen molar-refractivity contribution in [2.45, 2.75) is 52.5 Å². The molecule has 0 aromatic carbocycles. The van der Waals surface area contributed by atoms with Gasteiger partial charge in [-0.1, -0.05) is 27.7 Å². The monoisotopic (exact) mass is 282 g/mol. The molecule has 0 atom stereocenters. The van der Waals surface area contributed by atoms with Crippen LogP contribution in [0.2, 0.25) is 0 Å². The molecule has 0 bridgehead atoms. The van der Waals surface area contributed by atoms with Gasteiger partial charge in [0.1, 0.15) is 5.54 Å². The van der Waals surface area contributed by atoms with Crippen molar-refractivity contribution in [1.29, 1.82) is 0 Å². The summed E-state index contributed by atoms with van der Waals surface area (Å²) in [6, 6.07) is 0. The average Bonchev–Trinajstić information content (AvgIpc) is 2.35. The lowest BCUT2D eigenvalue weighted by Gasteiger charge is -2.55. The first-order chi connectivity index (χ1) is 9.21. The summed E-state index contributed by atoms with van der Waals surface area (Å²) in [4.78, 5) is 15.1. The number of nitrogens with zero attached hydrogens (tertiary/aromatic N) is 1. The molecule has 1 saturated carbocycles. The van der Waals surface area contributed by atoms with Crippen LogP contribution in [0.5, 0.6) is 0 Å². The first-order valence-corrected chi connectivity index (χ1v) is 7.75. The van der Waals surface area contributed by atoms with Crippen molar-refractivity contribution in [2.24, 2.45) is 10.8 Å². The Labute approximate surface area is 123 Å². The second-order valence-corrected chi connectivity index (χ2v) is 8.12. The van der Waals surface area contributed by atoms with E-state index in [1.54, 1.807) is 0 Å². The Morgan fingerprint density at radius 2 is 1.50 bits per heavy atom. The van der Waals surface area contributed by atoms with Crippen LogP contribution in [0.25, 0.3) is 0 Å². The second-order valence-electron chi connectivity index (χ2n) is 8.12. The van der Waals surface area contributed by atoms with Gasteiger partial charge in [-0.3, -0.25) is 9.69 Å². The van der Waals surface area contributed by atoms with Crippen LogP contribution in [0, 0.1) is 10.8 Å². The number of rotatable bonds is 2. The highest BCUT2D eigenvalue weighted by Crippen LogP contribution is 2.52. The molecule has 1 aliphatic carbocycles. The quantitative estimate of drug-likeness (QED) is 0.787. The second kappa shape index (κ2) is 5.30. The minimum absolute atomic E-state index is 0.0414. The molecule has 0 amide bonds. The third-order valence-electron chi connectivity index (χ3n) is 4.79. The Balaban J connectivity index is 2.37. The van der Waals surface area contributed by atoms with Crippen molar-refractivity contribution in [1.82, 2.24) is 10.2 Å². The molecule has 20 heavy (non-hydrogen) atoms. The average molecular weight is 282 g/mol. The molecule has 2 rings (SSSR count). The van der Waals surface area contributed by atoms with Crippen molar-refractivity contribution in [3.63, 3.8) is 0 Å². The van der Waals surface area contributed by atoms with Crippen LogP contribution < -0.4 is 5.32 Å². The summed E-state index contributed by atoms with van der Waals surface area (Å²) in [6.07, 6.45) is 2.96. The highest BCUT2D eigenvalue weighted by atomic mass is 16.5. The first-order valence-electron chi connectivity index (χ1n) is 7.75. The van der Waals surface area contributed by atoms with E-state index in [0.717, 1.165) is 45.4 Å². The highest BCUT2D eigenvalue weighted by Gasteiger charge is 2.55. The van der Waals surface area contributed by atoms with E-state index in [4.69, 9.17) is 4.74 Å². The number of hydrogen-bond acceptors (Lipinski definition) is 4. The molecule has 116 valence electrons. The number of carbonyl (C=O) groups is 1. The van der Waals surface area contributed by atoms with Gasteiger partial charge < -0.3 is 10.1 Å². The van der Waals surface area contributed by atoms with Gasteiger partial charge in [0.15, 0.2) is 0 Å². The molecule has 1 saturated heterocycles. The number of esters is 1. The summed E-state index contributed by atoms with van der Waals surface area (Å²) in [5.74, 6) is -0.0414. The maximum Gasteiger partial charge on any atom is 0.326 e. The maximum absolute atomic E-state index is 12.7. The molecular formula is C16H30N2O2. The normalized spacial score (nSPS) is 28.9. The zero-order chi connectivity index (χ0) is 15.0. The molecule has 4 heteroatoms. The van der Waals surface area contributed by atoms with Gasteiger partial charge in [-0.25, -0.2) is 0 Å². The zero-order valence-corrected chi connectivity index (χ0v) is 13.7. The Kier molecular flexibility index (Phi) is 4.18. The first kappa shape index (κ1) is 15.8. The van der Waals surface area contributed by atoms with E-state index in [1.807, 2.05) is 0 Å². The molecule has 1 N–H and O–H groups in total. The molecule has 0 aromatic rings. The van der Waals surface area contributed by atoms with E-state index >= 15 is 0 Å². The van der Waals surface area contributed by atoms with Gasteiger partial charge in [0.05, 0.1) is 7.11 Å². The fourth-order valence-electron chi connectivity index (χ4n) is 4.85. The molecule has 2 aliphatic rings. The lowest BCUT2D eigenvalue weighted by Crippen LogP contribution is -2.65. The zero-order valence-electron chi connectivity index (χ0n) is 13.7. The topological polar surface area (TPSA) is 41.6 Å². The van der Waals surface area contributed by atoms with E-state index in [1.165, 1.54) is 7.11 Å². The molecular weight excluding hydrogens is 252 g/mol. The minimum Gasteiger partial charge on any atom is -0.468 e. The van der Waals surface area contributed by atoms with Crippen molar-refractivity contribution in [3.05, 3.63) is 0 Å². The third kappa shape index (κ3) is 3.01. The Hall–Kier alpha value is -0.610. The molecule has 0 radical (unpaired) electrons. The van der Waals surface area contributed by atoms with Gasteiger partial charge in [-0.15, -0.1) is 0 Å². The largest absolute Gasteiger partial charge is 0.468 e. The lowest BCUT2D eigenvalue weighted by molar-refractivity contribution is -0.167. The lowest BCUT2D eigenvalue weighted by atomic mass is 9.57. The van der Waals surface area contributed by atoms with Gasteiger partial charge in [0.2, 0.25) is 0 Å². The number of ether oxygens (including phenoxy) is 1. The molecule has 0 aromatic heterocycles. The highest BCUT2D eigenvalue weighted by molar-refractivity contribution is 5.81. The number of piperazine rings is 1. The number of hydrogen-bond donors (Lipinski definition) is 1. The summed E-state index contributed by atoms with van der Waals surface area (Å²) in [6.45, 7) is 12.9. The van der Waals surface area contributed by atoms with Crippen LogP contribution in [-0.2, 0) is 9.53 Å². The minimum atomic E-state index is -0.442. The van der Waals surface area contributed by atoms with E-state index < -0.39 is 5.54 Å². The molecule has 2 fully saturated rings. The summed E-state index contributed by atoms with van der Waals surface area (Å²) < 4.78 is 5.23. The molecule has 1 aliphatic heterocycles. The molecule has 0 unspecified atom stereocenters. The summed E-state index contributed by atoms with van der Waals surface area (Å²) in [5, 5.41) is 3.38. The predicted octanol–water partition coefficient (Wildman–Crippen LogP) is 2.04. The summed E-state index contributed by atoms with van der Waals surface area (Å²) in [5.41, 5.74) is -0.107. The SMILES string of the molecule is COC(=O)C1(N2CCNCC2)CC(C)(C)CC(C)(C)C1. The van der Waals surface area contributed by atoms with Crippen LogP contribution in [0.15, 0.2) is 0 Å². The van der Waals surface area contributed by atoms with Crippen molar-refractivity contribution in [2.75, 3.05) is 33.3 Å². The predicted molar refractivity (Wildman–Crippen MR) is 80.6 cm³/mol. The van der Waals surface area contributed by atoms with Crippen LogP contribution >= 0.6 is 0 Å². The molecule has 1 heterocycles. The Morgan fingerprint density at radius 3 is 1.95 bits per heavy atom. The molecule has 0 spiro atoms. The van der Waals surface area contributed by atoms with Crippen LogP contribution in [0.1, 0.15) is 47.0 Å². The van der Waals surface area contributed by atoms with Crippen LogP contribution in [0.4, 0.5) is 0 Å². The van der Waals surface area contributed by atoms with Crippen molar-refractivity contribution in [3.8, 4) is 0 Å². The van der Waals surface area contributed by atoms with E-state index in [2.05, 4.69) is 37.9 Å². The Bertz CT molecular complexity index is 355. The summed E-state index contributed by atoms with van der Waals surface area (Å²) >= 11 is 0. The maximum atomic E-state index is 12.7. The van der Waals surface area contributed by atoms with Crippen molar-refractivity contribution < 1.29 is 9.53 Å². The van der Waals surface area contributed by atoms with Gasteiger partial charge in [0, 0.05) is 26.2 Å².